The van der Waals surface area contributed by atoms with Crippen LogP contribution in [0.1, 0.15) is 31.2 Å². The minimum absolute atomic E-state index is 0.621. The first-order chi connectivity index (χ1) is 9.31. The molecule has 0 amide bonds. The molecule has 0 saturated carbocycles. The standard InChI is InChI=1S/C15H19N3O/c1-2-19-14-9-5-8-13(15(14)16)18-10-17-11-6-3-4-7-12(11)18/h5,8-10H,2-4,6-7,16H2,1H3. The number of para-hydroxylation sites is 1. The number of fused-ring (bicyclic) bond motifs is 1. The summed E-state index contributed by atoms with van der Waals surface area (Å²) >= 11 is 0. The van der Waals surface area contributed by atoms with Crippen LogP contribution in [0.25, 0.3) is 5.69 Å². The summed E-state index contributed by atoms with van der Waals surface area (Å²) in [6, 6.07) is 5.91. The SMILES string of the molecule is CCOc1cccc(-n2cnc3c2CCCC3)c1N. The van der Waals surface area contributed by atoms with Crippen molar-refractivity contribution in [3.05, 3.63) is 35.9 Å². The predicted octanol–water partition coefficient (Wildman–Crippen LogP) is 2.73. The third-order valence-electron chi connectivity index (χ3n) is 3.63. The molecule has 100 valence electrons. The van der Waals surface area contributed by atoms with Gasteiger partial charge in [0.2, 0.25) is 0 Å². The summed E-state index contributed by atoms with van der Waals surface area (Å²) in [7, 11) is 0. The molecule has 1 heterocycles. The van der Waals surface area contributed by atoms with Crippen molar-refractivity contribution in [2.45, 2.75) is 32.6 Å². The highest BCUT2D eigenvalue weighted by Gasteiger charge is 2.18. The van der Waals surface area contributed by atoms with Gasteiger partial charge in [-0.05, 0) is 44.7 Å². The van der Waals surface area contributed by atoms with Gasteiger partial charge in [-0.2, -0.15) is 0 Å². The zero-order valence-corrected chi connectivity index (χ0v) is 11.2. The molecule has 19 heavy (non-hydrogen) atoms. The fourth-order valence-corrected chi connectivity index (χ4v) is 2.70. The number of nitrogen functional groups attached to an aromatic ring is 1. The van der Waals surface area contributed by atoms with Crippen LogP contribution in [-0.2, 0) is 12.8 Å². The lowest BCUT2D eigenvalue weighted by Gasteiger charge is -2.16. The predicted molar refractivity (Wildman–Crippen MR) is 75.8 cm³/mol. The summed E-state index contributed by atoms with van der Waals surface area (Å²) in [6.45, 7) is 2.58. The highest BCUT2D eigenvalue weighted by molar-refractivity contribution is 5.67. The molecule has 4 heteroatoms. The minimum Gasteiger partial charge on any atom is -0.492 e. The average Bonchev–Trinajstić information content (AvgIpc) is 2.85. The number of rotatable bonds is 3. The number of hydrogen-bond donors (Lipinski definition) is 1. The molecule has 0 bridgehead atoms. The van der Waals surface area contributed by atoms with E-state index in [0.717, 1.165) is 24.3 Å². The maximum atomic E-state index is 6.22. The first kappa shape index (κ1) is 12.1. The van der Waals surface area contributed by atoms with Crippen molar-refractivity contribution in [1.82, 2.24) is 9.55 Å². The van der Waals surface area contributed by atoms with Crippen LogP contribution in [-0.4, -0.2) is 16.2 Å². The molecular formula is C15H19N3O. The Bertz CT molecular complexity index is 589. The van der Waals surface area contributed by atoms with Crippen LogP contribution in [0.2, 0.25) is 0 Å². The number of nitrogens with two attached hydrogens (primary N) is 1. The van der Waals surface area contributed by atoms with Crippen molar-refractivity contribution >= 4 is 5.69 Å². The van der Waals surface area contributed by atoms with Gasteiger partial charge in [0.05, 0.1) is 30.0 Å². The van der Waals surface area contributed by atoms with Crippen molar-refractivity contribution in [3.63, 3.8) is 0 Å². The zero-order valence-electron chi connectivity index (χ0n) is 11.2. The molecule has 0 unspecified atom stereocenters. The number of aromatic nitrogens is 2. The van der Waals surface area contributed by atoms with E-state index in [1.807, 2.05) is 31.5 Å². The van der Waals surface area contributed by atoms with Crippen molar-refractivity contribution in [2.75, 3.05) is 12.3 Å². The number of aryl methyl sites for hydroxylation is 1. The van der Waals surface area contributed by atoms with Crippen molar-refractivity contribution in [2.24, 2.45) is 0 Å². The van der Waals surface area contributed by atoms with E-state index >= 15 is 0 Å². The largest absolute Gasteiger partial charge is 0.492 e. The minimum atomic E-state index is 0.621. The molecule has 0 atom stereocenters. The second kappa shape index (κ2) is 4.96. The summed E-state index contributed by atoms with van der Waals surface area (Å²) < 4.78 is 7.68. The van der Waals surface area contributed by atoms with Crippen LogP contribution in [0.4, 0.5) is 5.69 Å². The Hall–Kier alpha value is -1.97. The maximum absolute atomic E-state index is 6.22. The lowest BCUT2D eigenvalue weighted by Crippen LogP contribution is -2.09. The van der Waals surface area contributed by atoms with Crippen LogP contribution < -0.4 is 10.5 Å². The van der Waals surface area contributed by atoms with Crippen molar-refractivity contribution in [3.8, 4) is 11.4 Å². The van der Waals surface area contributed by atoms with E-state index in [1.54, 1.807) is 0 Å². The Morgan fingerprint density at radius 1 is 1.32 bits per heavy atom. The maximum Gasteiger partial charge on any atom is 0.144 e. The summed E-state index contributed by atoms with van der Waals surface area (Å²) in [6.07, 6.45) is 6.50. The molecule has 1 aromatic heterocycles. The summed E-state index contributed by atoms with van der Waals surface area (Å²) in [4.78, 5) is 4.52. The normalized spacial score (nSPS) is 14.2. The lowest BCUT2D eigenvalue weighted by molar-refractivity contribution is 0.342. The van der Waals surface area contributed by atoms with E-state index < -0.39 is 0 Å². The van der Waals surface area contributed by atoms with Gasteiger partial charge in [-0.1, -0.05) is 6.07 Å². The average molecular weight is 257 g/mol. The molecule has 2 aromatic rings. The smallest absolute Gasteiger partial charge is 0.144 e. The number of ether oxygens (including phenoxy) is 1. The number of imidazole rings is 1. The highest BCUT2D eigenvalue weighted by atomic mass is 16.5. The number of hydrogen-bond acceptors (Lipinski definition) is 3. The number of benzene rings is 1. The molecular weight excluding hydrogens is 238 g/mol. The van der Waals surface area contributed by atoms with Crippen molar-refractivity contribution < 1.29 is 4.74 Å². The first-order valence-electron chi connectivity index (χ1n) is 6.88. The Balaban J connectivity index is 2.07. The van der Waals surface area contributed by atoms with Gasteiger partial charge in [-0.25, -0.2) is 4.98 Å². The molecule has 1 aromatic carbocycles. The molecule has 3 rings (SSSR count). The molecule has 0 spiro atoms. The fraction of sp³-hybridized carbons (Fsp3) is 0.400. The van der Waals surface area contributed by atoms with E-state index in [9.17, 15) is 0 Å². The van der Waals surface area contributed by atoms with Gasteiger partial charge in [0.1, 0.15) is 5.75 Å². The molecule has 0 fully saturated rings. The fourth-order valence-electron chi connectivity index (χ4n) is 2.70. The molecule has 0 aliphatic heterocycles. The van der Waals surface area contributed by atoms with E-state index in [4.69, 9.17) is 10.5 Å². The summed E-state index contributed by atoms with van der Waals surface area (Å²) in [5.41, 5.74) is 10.4. The monoisotopic (exact) mass is 257 g/mol. The Labute approximate surface area is 113 Å². The van der Waals surface area contributed by atoms with Gasteiger partial charge >= 0.3 is 0 Å². The topological polar surface area (TPSA) is 53.1 Å². The zero-order chi connectivity index (χ0) is 13.2. The molecule has 0 radical (unpaired) electrons. The number of anilines is 1. The third kappa shape index (κ3) is 2.07. The van der Waals surface area contributed by atoms with Gasteiger partial charge in [0, 0.05) is 5.69 Å². The highest BCUT2D eigenvalue weighted by Crippen LogP contribution is 2.31. The van der Waals surface area contributed by atoms with Crippen LogP contribution in [0.15, 0.2) is 24.5 Å². The van der Waals surface area contributed by atoms with E-state index in [0.29, 0.717) is 12.3 Å². The van der Waals surface area contributed by atoms with Gasteiger partial charge in [0.25, 0.3) is 0 Å². The summed E-state index contributed by atoms with van der Waals surface area (Å²) in [5.74, 6) is 0.748. The molecule has 1 aliphatic rings. The second-order valence-electron chi connectivity index (χ2n) is 4.84. The van der Waals surface area contributed by atoms with E-state index in [2.05, 4.69) is 9.55 Å². The van der Waals surface area contributed by atoms with Crippen LogP contribution >= 0.6 is 0 Å². The van der Waals surface area contributed by atoms with Gasteiger partial charge in [-0.15, -0.1) is 0 Å². The third-order valence-corrected chi connectivity index (χ3v) is 3.63. The summed E-state index contributed by atoms with van der Waals surface area (Å²) in [5, 5.41) is 0. The van der Waals surface area contributed by atoms with Crippen LogP contribution in [0.3, 0.4) is 0 Å². The second-order valence-corrected chi connectivity index (χ2v) is 4.84. The molecule has 4 nitrogen and oxygen atoms in total. The Morgan fingerprint density at radius 3 is 3.00 bits per heavy atom. The Morgan fingerprint density at radius 2 is 2.16 bits per heavy atom. The quantitative estimate of drug-likeness (QED) is 0.860. The number of nitrogens with zero attached hydrogens (tertiary/aromatic N) is 2. The molecule has 0 saturated heterocycles. The van der Waals surface area contributed by atoms with Gasteiger partial charge < -0.3 is 15.0 Å². The van der Waals surface area contributed by atoms with Crippen LogP contribution in [0.5, 0.6) is 5.75 Å². The molecule has 2 N–H and O–H groups in total. The molecule has 1 aliphatic carbocycles. The van der Waals surface area contributed by atoms with E-state index in [1.165, 1.54) is 24.2 Å². The van der Waals surface area contributed by atoms with Crippen molar-refractivity contribution in [1.29, 1.82) is 0 Å². The van der Waals surface area contributed by atoms with Gasteiger partial charge in [-0.3, -0.25) is 0 Å². The Kier molecular flexibility index (Phi) is 3.15. The van der Waals surface area contributed by atoms with Gasteiger partial charge in [0.15, 0.2) is 0 Å². The lowest BCUT2D eigenvalue weighted by atomic mass is 10.0. The van der Waals surface area contributed by atoms with E-state index in [-0.39, 0.29) is 0 Å². The van der Waals surface area contributed by atoms with Crippen LogP contribution in [0, 0.1) is 0 Å². The first-order valence-corrected chi connectivity index (χ1v) is 6.88.